The van der Waals surface area contributed by atoms with Crippen molar-refractivity contribution >= 4 is 44.4 Å². The summed E-state index contributed by atoms with van der Waals surface area (Å²) < 4.78 is 6.51. The first-order valence-electron chi connectivity index (χ1n) is 17.9. The average molecular weight is 680 g/mol. The van der Waals surface area contributed by atoms with E-state index in [4.69, 9.17) is 14.4 Å². The van der Waals surface area contributed by atoms with E-state index in [1.165, 1.54) is 16.3 Å². The number of aliphatic imine (C=N–C) groups is 2. The van der Waals surface area contributed by atoms with Crippen LogP contribution in [0.15, 0.2) is 202 Å². The summed E-state index contributed by atoms with van der Waals surface area (Å²) in [4.78, 5) is 10.5. The zero-order chi connectivity index (χ0) is 35.1. The van der Waals surface area contributed by atoms with Crippen LogP contribution in [0.5, 0.6) is 0 Å². The predicted octanol–water partition coefficient (Wildman–Crippen LogP) is 12.2. The Bertz CT molecular complexity index is 2850. The predicted molar refractivity (Wildman–Crippen MR) is 219 cm³/mol. The maximum atomic E-state index is 6.51. The van der Waals surface area contributed by atoms with E-state index in [2.05, 4.69) is 163 Å². The molecule has 2 heterocycles. The molecule has 0 aliphatic carbocycles. The van der Waals surface area contributed by atoms with Gasteiger partial charge in [0, 0.05) is 27.5 Å². The van der Waals surface area contributed by atoms with Crippen LogP contribution in [0, 0.1) is 0 Å². The molecule has 4 heteroatoms. The number of hydrogen-bond donors (Lipinski definition) is 1. The molecule has 0 saturated carbocycles. The van der Waals surface area contributed by atoms with Crippen LogP contribution < -0.4 is 5.32 Å². The van der Waals surface area contributed by atoms with Crippen molar-refractivity contribution in [1.82, 2.24) is 5.32 Å². The monoisotopic (exact) mass is 679 g/mol. The molecule has 10 rings (SSSR count). The Morgan fingerprint density at radius 2 is 1.11 bits per heavy atom. The maximum absolute atomic E-state index is 6.51. The lowest BCUT2D eigenvalue weighted by atomic mass is 9.91. The smallest absolute Gasteiger partial charge is 0.159 e. The molecule has 1 atom stereocenters. The summed E-state index contributed by atoms with van der Waals surface area (Å²) in [5.41, 5.74) is 11.5. The standard InChI is InChI=1S/C49H33N3O/c1-4-13-32(14-5-1)37-25-28-41-45(31-37)53-44-22-12-21-42(46(41)44)49-51-47(35-18-8-3-9-19-35)50-48(52-49)39-26-27-40(43(30-39)34-16-6-2-7-17-34)38-24-23-33-15-10-11-20-36(33)29-38/h1-31,49H,(H,50,51,52). The lowest BCUT2D eigenvalue weighted by Crippen LogP contribution is -2.33. The van der Waals surface area contributed by atoms with Crippen LogP contribution in [0.25, 0.3) is 66.1 Å². The quantitative estimate of drug-likeness (QED) is 0.190. The first-order valence-corrected chi connectivity index (χ1v) is 17.9. The second kappa shape index (κ2) is 12.9. The fraction of sp³-hybridized carbons (Fsp3) is 0.0204. The van der Waals surface area contributed by atoms with Gasteiger partial charge in [-0.15, -0.1) is 0 Å². The number of furan rings is 1. The van der Waals surface area contributed by atoms with Gasteiger partial charge in [-0.3, -0.25) is 0 Å². The van der Waals surface area contributed by atoms with Crippen LogP contribution in [0.3, 0.4) is 0 Å². The van der Waals surface area contributed by atoms with Gasteiger partial charge < -0.3 is 9.73 Å². The van der Waals surface area contributed by atoms with Crippen molar-refractivity contribution in [2.75, 3.05) is 0 Å². The van der Waals surface area contributed by atoms with Crippen LogP contribution in [0.2, 0.25) is 0 Å². The minimum atomic E-state index is -0.406. The number of fused-ring (bicyclic) bond motifs is 4. The van der Waals surface area contributed by atoms with E-state index in [1.54, 1.807) is 0 Å². The highest BCUT2D eigenvalue weighted by molar-refractivity contribution is 6.14. The third-order valence-corrected chi connectivity index (χ3v) is 10.1. The molecule has 53 heavy (non-hydrogen) atoms. The largest absolute Gasteiger partial charge is 0.456 e. The fourth-order valence-electron chi connectivity index (χ4n) is 7.52. The van der Waals surface area contributed by atoms with Gasteiger partial charge in [0.05, 0.1) is 0 Å². The number of amidine groups is 2. The summed E-state index contributed by atoms with van der Waals surface area (Å²) >= 11 is 0. The molecule has 4 nitrogen and oxygen atoms in total. The molecular formula is C49H33N3O. The molecule has 0 fully saturated rings. The molecule has 8 aromatic carbocycles. The molecule has 1 aromatic heterocycles. The van der Waals surface area contributed by atoms with Crippen LogP contribution in [-0.4, -0.2) is 11.7 Å². The Morgan fingerprint density at radius 3 is 1.91 bits per heavy atom. The van der Waals surface area contributed by atoms with Gasteiger partial charge in [0.1, 0.15) is 23.2 Å². The Hall–Kier alpha value is -7.04. The van der Waals surface area contributed by atoms with E-state index in [0.29, 0.717) is 5.84 Å². The van der Waals surface area contributed by atoms with Gasteiger partial charge in [0.2, 0.25) is 0 Å². The summed E-state index contributed by atoms with van der Waals surface area (Å²) in [7, 11) is 0. The number of benzene rings is 8. The van der Waals surface area contributed by atoms with Gasteiger partial charge in [-0.05, 0) is 74.5 Å². The van der Waals surface area contributed by atoms with Crippen molar-refractivity contribution in [2.45, 2.75) is 6.17 Å². The third-order valence-electron chi connectivity index (χ3n) is 10.1. The highest BCUT2D eigenvalue weighted by Gasteiger charge is 2.25. The van der Waals surface area contributed by atoms with Gasteiger partial charge in [-0.2, -0.15) is 0 Å². The summed E-state index contributed by atoms with van der Waals surface area (Å²) in [6, 6.07) is 65.8. The van der Waals surface area contributed by atoms with Gasteiger partial charge in [0.25, 0.3) is 0 Å². The van der Waals surface area contributed by atoms with Crippen molar-refractivity contribution in [3.63, 3.8) is 0 Å². The first kappa shape index (κ1) is 30.8. The second-order valence-corrected chi connectivity index (χ2v) is 13.4. The van der Waals surface area contributed by atoms with Crippen molar-refractivity contribution in [3.8, 4) is 33.4 Å². The molecule has 9 aromatic rings. The Balaban J connectivity index is 1.13. The van der Waals surface area contributed by atoms with E-state index in [0.717, 1.165) is 72.3 Å². The molecule has 0 bridgehead atoms. The number of nitrogens with one attached hydrogen (secondary N) is 1. The van der Waals surface area contributed by atoms with E-state index in [9.17, 15) is 0 Å². The minimum absolute atomic E-state index is 0.406. The highest BCUT2D eigenvalue weighted by atomic mass is 16.3. The zero-order valence-corrected chi connectivity index (χ0v) is 28.8. The molecule has 1 aliphatic heterocycles. The third kappa shape index (κ3) is 5.67. The molecule has 1 aliphatic rings. The van der Waals surface area contributed by atoms with Crippen molar-refractivity contribution < 1.29 is 4.42 Å². The van der Waals surface area contributed by atoms with E-state index >= 15 is 0 Å². The molecular weight excluding hydrogens is 647 g/mol. The Labute approximate surface area is 307 Å². The molecule has 0 amide bonds. The average Bonchev–Trinajstić information content (AvgIpc) is 3.62. The molecule has 1 unspecified atom stereocenters. The Morgan fingerprint density at radius 1 is 0.434 bits per heavy atom. The zero-order valence-electron chi connectivity index (χ0n) is 28.8. The number of rotatable bonds is 6. The molecule has 0 saturated heterocycles. The minimum Gasteiger partial charge on any atom is -0.456 e. The molecule has 250 valence electrons. The summed E-state index contributed by atoms with van der Waals surface area (Å²) in [5.74, 6) is 1.45. The van der Waals surface area contributed by atoms with Crippen LogP contribution in [0.4, 0.5) is 0 Å². The van der Waals surface area contributed by atoms with Crippen LogP contribution in [-0.2, 0) is 0 Å². The van der Waals surface area contributed by atoms with E-state index in [-0.39, 0.29) is 0 Å². The van der Waals surface area contributed by atoms with Gasteiger partial charge >= 0.3 is 0 Å². The first-order chi connectivity index (χ1) is 26.2. The summed E-state index contributed by atoms with van der Waals surface area (Å²) in [6.45, 7) is 0. The molecule has 1 N–H and O–H groups in total. The maximum Gasteiger partial charge on any atom is 0.159 e. The van der Waals surface area contributed by atoms with Gasteiger partial charge in [-0.1, -0.05) is 158 Å². The Kier molecular flexibility index (Phi) is 7.51. The lowest BCUT2D eigenvalue weighted by Gasteiger charge is -2.24. The van der Waals surface area contributed by atoms with E-state index < -0.39 is 6.17 Å². The SMILES string of the molecule is c1ccc(C2=NC(c3ccc(-c4ccc5ccccc5c4)c(-c4ccccc4)c3)=NC(c3cccc4oc5cc(-c6ccccc6)ccc5c34)N2)cc1. The second-order valence-electron chi connectivity index (χ2n) is 13.4. The normalized spacial score (nSPS) is 14.2. The lowest BCUT2D eigenvalue weighted by molar-refractivity contribution is 0.662. The van der Waals surface area contributed by atoms with Crippen molar-refractivity contribution in [3.05, 3.63) is 205 Å². The topological polar surface area (TPSA) is 49.9 Å². The number of hydrogen-bond acceptors (Lipinski definition) is 4. The molecule has 0 spiro atoms. The number of nitrogens with zero attached hydrogens (tertiary/aromatic N) is 2. The fourth-order valence-corrected chi connectivity index (χ4v) is 7.52. The summed E-state index contributed by atoms with van der Waals surface area (Å²) in [5, 5.41) is 8.24. The highest BCUT2D eigenvalue weighted by Crippen LogP contribution is 2.39. The van der Waals surface area contributed by atoms with Crippen molar-refractivity contribution in [1.29, 1.82) is 0 Å². The van der Waals surface area contributed by atoms with Crippen molar-refractivity contribution in [2.24, 2.45) is 9.98 Å². The summed E-state index contributed by atoms with van der Waals surface area (Å²) in [6.07, 6.45) is -0.406. The van der Waals surface area contributed by atoms with Gasteiger partial charge in [-0.25, -0.2) is 9.98 Å². The van der Waals surface area contributed by atoms with Crippen LogP contribution >= 0.6 is 0 Å². The van der Waals surface area contributed by atoms with E-state index in [1.807, 2.05) is 30.3 Å². The van der Waals surface area contributed by atoms with Crippen LogP contribution in [0.1, 0.15) is 22.9 Å². The van der Waals surface area contributed by atoms with Gasteiger partial charge in [0.15, 0.2) is 5.84 Å². The molecule has 0 radical (unpaired) electrons.